The molecule has 28 heavy (non-hydrogen) atoms. The minimum absolute atomic E-state index is 0.147. The second-order valence-corrected chi connectivity index (χ2v) is 8.30. The van der Waals surface area contributed by atoms with Crippen molar-refractivity contribution >= 4 is 46.5 Å². The fraction of sp³-hybridized carbons (Fsp3) is 0.304. The highest BCUT2D eigenvalue weighted by atomic mass is 127. The lowest BCUT2D eigenvalue weighted by Gasteiger charge is -2.16. The standard InChI is InChI=1S/C23H28IN3O/c1-5-22(26-21-12-10-20(24)11-13-21)23(28)27-25-15-17(4)14-18-6-8-19(9-7-18)16(2)3/h6-16,22,26H,5H2,1-4H3,(H,27,28)/b17-14-,25-15?. The number of halogens is 1. The lowest BCUT2D eigenvalue weighted by molar-refractivity contribution is -0.121. The van der Waals surface area contributed by atoms with Gasteiger partial charge in [-0.2, -0.15) is 5.10 Å². The van der Waals surface area contributed by atoms with E-state index in [2.05, 4.69) is 76.5 Å². The molecule has 2 N–H and O–H groups in total. The zero-order chi connectivity index (χ0) is 20.5. The minimum atomic E-state index is -0.329. The van der Waals surface area contributed by atoms with E-state index in [4.69, 9.17) is 0 Å². The number of hydrogen-bond acceptors (Lipinski definition) is 3. The van der Waals surface area contributed by atoms with E-state index < -0.39 is 0 Å². The normalized spacial score (nSPS) is 13.0. The summed E-state index contributed by atoms with van der Waals surface area (Å²) < 4.78 is 1.16. The van der Waals surface area contributed by atoms with E-state index in [1.807, 2.05) is 44.2 Å². The number of nitrogens with zero attached hydrogens (tertiary/aromatic N) is 1. The Morgan fingerprint density at radius 3 is 2.32 bits per heavy atom. The van der Waals surface area contributed by atoms with Gasteiger partial charge in [0.1, 0.15) is 6.04 Å². The van der Waals surface area contributed by atoms with Gasteiger partial charge in [-0.05, 0) is 82.8 Å². The highest BCUT2D eigenvalue weighted by Crippen LogP contribution is 2.16. The van der Waals surface area contributed by atoms with Gasteiger partial charge in [-0.15, -0.1) is 0 Å². The van der Waals surface area contributed by atoms with Crippen LogP contribution in [0.3, 0.4) is 0 Å². The van der Waals surface area contributed by atoms with Gasteiger partial charge in [0.2, 0.25) is 0 Å². The molecule has 5 heteroatoms. The Labute approximate surface area is 181 Å². The van der Waals surface area contributed by atoms with Crippen LogP contribution in [-0.2, 0) is 4.79 Å². The number of rotatable bonds is 8. The molecular weight excluding hydrogens is 461 g/mol. The first-order chi connectivity index (χ1) is 13.4. The van der Waals surface area contributed by atoms with Crippen molar-refractivity contribution in [3.8, 4) is 0 Å². The molecule has 0 bridgehead atoms. The second-order valence-electron chi connectivity index (χ2n) is 7.06. The van der Waals surface area contributed by atoms with Crippen LogP contribution in [0.25, 0.3) is 6.08 Å². The average molecular weight is 489 g/mol. The Morgan fingerprint density at radius 2 is 1.75 bits per heavy atom. The summed E-state index contributed by atoms with van der Waals surface area (Å²) >= 11 is 2.26. The summed E-state index contributed by atoms with van der Waals surface area (Å²) in [6.07, 6.45) is 4.39. The Bertz CT molecular complexity index is 824. The molecule has 4 nitrogen and oxygen atoms in total. The monoisotopic (exact) mass is 489 g/mol. The predicted molar refractivity (Wildman–Crippen MR) is 128 cm³/mol. The van der Waals surface area contributed by atoms with E-state index in [1.54, 1.807) is 6.21 Å². The zero-order valence-corrected chi connectivity index (χ0v) is 19.0. The number of carbonyl (C=O) groups excluding carboxylic acids is 1. The molecule has 0 heterocycles. The van der Waals surface area contributed by atoms with Crippen LogP contribution in [0.4, 0.5) is 5.69 Å². The number of benzene rings is 2. The summed E-state index contributed by atoms with van der Waals surface area (Å²) in [5, 5.41) is 7.35. The number of allylic oxidation sites excluding steroid dienone is 1. The van der Waals surface area contributed by atoms with E-state index >= 15 is 0 Å². The van der Waals surface area contributed by atoms with Crippen LogP contribution in [-0.4, -0.2) is 18.2 Å². The maximum absolute atomic E-state index is 12.4. The lowest BCUT2D eigenvalue weighted by Crippen LogP contribution is -2.36. The first-order valence-corrected chi connectivity index (χ1v) is 10.6. The van der Waals surface area contributed by atoms with Crippen LogP contribution in [0.2, 0.25) is 0 Å². The molecule has 0 spiro atoms. The quantitative estimate of drug-likeness (QED) is 0.279. The van der Waals surface area contributed by atoms with Crippen molar-refractivity contribution in [1.29, 1.82) is 0 Å². The number of anilines is 1. The van der Waals surface area contributed by atoms with Crippen LogP contribution in [0.1, 0.15) is 51.2 Å². The largest absolute Gasteiger partial charge is 0.374 e. The van der Waals surface area contributed by atoms with E-state index in [0.717, 1.165) is 20.4 Å². The van der Waals surface area contributed by atoms with Crippen molar-refractivity contribution in [2.45, 2.75) is 46.1 Å². The van der Waals surface area contributed by atoms with Gasteiger partial charge in [0.15, 0.2) is 0 Å². The van der Waals surface area contributed by atoms with E-state index in [0.29, 0.717) is 12.3 Å². The van der Waals surface area contributed by atoms with Crippen LogP contribution in [0, 0.1) is 3.57 Å². The third-order valence-electron chi connectivity index (χ3n) is 4.35. The van der Waals surface area contributed by atoms with Crippen molar-refractivity contribution < 1.29 is 4.79 Å². The van der Waals surface area contributed by atoms with Crippen LogP contribution < -0.4 is 10.7 Å². The Balaban J connectivity index is 1.91. The Hall–Kier alpha value is -2.15. The van der Waals surface area contributed by atoms with Crippen molar-refractivity contribution in [3.05, 3.63) is 68.8 Å². The molecular formula is C23H28IN3O. The van der Waals surface area contributed by atoms with Crippen molar-refractivity contribution in [2.24, 2.45) is 5.10 Å². The molecule has 0 fully saturated rings. The molecule has 1 atom stereocenters. The first kappa shape index (κ1) is 22.1. The second kappa shape index (κ2) is 11.0. The van der Waals surface area contributed by atoms with Crippen LogP contribution in [0.15, 0.2) is 59.2 Å². The number of hydrazone groups is 1. The van der Waals surface area contributed by atoms with Gasteiger partial charge < -0.3 is 5.32 Å². The third-order valence-corrected chi connectivity index (χ3v) is 5.07. The van der Waals surface area contributed by atoms with Crippen LogP contribution >= 0.6 is 22.6 Å². The highest BCUT2D eigenvalue weighted by Gasteiger charge is 2.15. The molecule has 1 unspecified atom stereocenters. The Kier molecular flexibility index (Phi) is 8.70. The minimum Gasteiger partial charge on any atom is -0.374 e. The molecule has 0 aliphatic heterocycles. The van der Waals surface area contributed by atoms with Gasteiger partial charge in [-0.3, -0.25) is 4.79 Å². The average Bonchev–Trinajstić information content (AvgIpc) is 2.67. The molecule has 0 aliphatic carbocycles. The molecule has 2 rings (SSSR count). The van der Waals surface area contributed by atoms with Gasteiger partial charge >= 0.3 is 0 Å². The van der Waals surface area contributed by atoms with Crippen molar-refractivity contribution in [2.75, 3.05) is 5.32 Å². The van der Waals surface area contributed by atoms with Gasteiger partial charge in [-0.1, -0.05) is 51.1 Å². The predicted octanol–water partition coefficient (Wildman–Crippen LogP) is 5.81. The number of hydrogen-bond donors (Lipinski definition) is 2. The maximum atomic E-state index is 12.4. The number of amides is 1. The number of nitrogens with one attached hydrogen (secondary N) is 2. The Morgan fingerprint density at radius 1 is 1.11 bits per heavy atom. The smallest absolute Gasteiger partial charge is 0.262 e. The fourth-order valence-corrected chi connectivity index (χ4v) is 3.01. The van der Waals surface area contributed by atoms with Gasteiger partial charge in [0.25, 0.3) is 5.91 Å². The third kappa shape index (κ3) is 7.11. The number of carbonyl (C=O) groups is 1. The molecule has 148 valence electrons. The zero-order valence-electron chi connectivity index (χ0n) is 16.9. The molecule has 0 aromatic heterocycles. The van der Waals surface area contributed by atoms with Gasteiger partial charge in [-0.25, -0.2) is 5.43 Å². The summed E-state index contributed by atoms with van der Waals surface area (Å²) in [4.78, 5) is 12.4. The van der Waals surface area contributed by atoms with Crippen molar-refractivity contribution in [1.82, 2.24) is 5.43 Å². The molecule has 2 aromatic carbocycles. The van der Waals surface area contributed by atoms with Gasteiger partial charge in [0.05, 0.1) is 6.21 Å². The van der Waals surface area contributed by atoms with E-state index in [9.17, 15) is 4.79 Å². The summed E-state index contributed by atoms with van der Waals surface area (Å²) in [7, 11) is 0. The molecule has 0 saturated heterocycles. The summed E-state index contributed by atoms with van der Waals surface area (Å²) in [5.41, 5.74) is 6.96. The molecule has 0 aliphatic rings. The summed E-state index contributed by atoms with van der Waals surface area (Å²) in [6.45, 7) is 8.30. The van der Waals surface area contributed by atoms with Crippen LogP contribution in [0.5, 0.6) is 0 Å². The molecule has 2 aromatic rings. The highest BCUT2D eigenvalue weighted by molar-refractivity contribution is 14.1. The summed E-state index contributed by atoms with van der Waals surface area (Å²) in [5.74, 6) is 0.377. The van der Waals surface area contributed by atoms with Crippen molar-refractivity contribution in [3.63, 3.8) is 0 Å². The molecule has 0 saturated carbocycles. The SMILES string of the molecule is CCC(Nc1ccc(I)cc1)C(=O)NN=C/C(C)=C\c1ccc(C(C)C)cc1. The first-order valence-electron chi connectivity index (χ1n) is 9.52. The van der Waals surface area contributed by atoms with E-state index in [-0.39, 0.29) is 11.9 Å². The topological polar surface area (TPSA) is 53.5 Å². The summed E-state index contributed by atoms with van der Waals surface area (Å²) in [6, 6.07) is 16.1. The molecule has 1 amide bonds. The van der Waals surface area contributed by atoms with Gasteiger partial charge in [0, 0.05) is 9.26 Å². The fourth-order valence-electron chi connectivity index (χ4n) is 2.65. The van der Waals surface area contributed by atoms with E-state index in [1.165, 1.54) is 5.56 Å². The maximum Gasteiger partial charge on any atom is 0.262 e. The molecule has 0 radical (unpaired) electrons. The lowest BCUT2D eigenvalue weighted by atomic mass is 10.0.